The van der Waals surface area contributed by atoms with E-state index >= 15 is 0 Å². The predicted octanol–water partition coefficient (Wildman–Crippen LogP) is 2.22. The molecule has 0 saturated carbocycles. The van der Waals surface area contributed by atoms with Gasteiger partial charge < -0.3 is 20.2 Å². The quantitative estimate of drug-likeness (QED) is 0.642. The standard InChI is InChI=1S/C14H17N3O3/c1-3-9-7-16-12(20-9)8-17-13-10(14(18)19-2)5-4-6-11(13)15/h4-7,17H,3,8,15H2,1-2H3. The second kappa shape index (κ2) is 6.10. The topological polar surface area (TPSA) is 90.4 Å². The van der Waals surface area contributed by atoms with Gasteiger partial charge in [0.1, 0.15) is 5.76 Å². The van der Waals surface area contributed by atoms with Gasteiger partial charge in [-0.3, -0.25) is 0 Å². The van der Waals surface area contributed by atoms with Gasteiger partial charge in [0.25, 0.3) is 0 Å². The lowest BCUT2D eigenvalue weighted by Gasteiger charge is -2.11. The lowest BCUT2D eigenvalue weighted by Crippen LogP contribution is -2.10. The summed E-state index contributed by atoms with van der Waals surface area (Å²) in [4.78, 5) is 15.8. The van der Waals surface area contributed by atoms with Crippen molar-refractivity contribution in [1.29, 1.82) is 0 Å². The van der Waals surface area contributed by atoms with E-state index in [1.54, 1.807) is 24.4 Å². The van der Waals surface area contributed by atoms with Crippen LogP contribution in [0.3, 0.4) is 0 Å². The molecule has 0 aliphatic heterocycles. The average molecular weight is 275 g/mol. The van der Waals surface area contributed by atoms with Crippen LogP contribution in [0.2, 0.25) is 0 Å². The monoisotopic (exact) mass is 275 g/mol. The number of carbonyl (C=O) groups excluding carboxylic acids is 1. The molecule has 0 aliphatic carbocycles. The van der Waals surface area contributed by atoms with Gasteiger partial charge in [-0.2, -0.15) is 0 Å². The third kappa shape index (κ3) is 2.90. The summed E-state index contributed by atoms with van der Waals surface area (Å²) >= 11 is 0. The number of carbonyl (C=O) groups is 1. The molecular formula is C14H17N3O3. The highest BCUT2D eigenvalue weighted by molar-refractivity contribution is 5.98. The van der Waals surface area contributed by atoms with E-state index in [0.717, 1.165) is 12.2 Å². The van der Waals surface area contributed by atoms with Crippen LogP contribution < -0.4 is 11.1 Å². The van der Waals surface area contributed by atoms with Crippen LogP contribution in [0.1, 0.15) is 28.9 Å². The van der Waals surface area contributed by atoms with Gasteiger partial charge in [-0.05, 0) is 12.1 Å². The zero-order valence-electron chi connectivity index (χ0n) is 11.5. The van der Waals surface area contributed by atoms with Gasteiger partial charge in [0.2, 0.25) is 5.89 Å². The van der Waals surface area contributed by atoms with Gasteiger partial charge >= 0.3 is 5.97 Å². The highest BCUT2D eigenvalue weighted by Gasteiger charge is 2.14. The zero-order valence-corrected chi connectivity index (χ0v) is 11.5. The Hall–Kier alpha value is -2.50. The average Bonchev–Trinajstić information content (AvgIpc) is 2.93. The number of nitrogen functional groups attached to an aromatic ring is 1. The van der Waals surface area contributed by atoms with E-state index in [9.17, 15) is 4.79 Å². The van der Waals surface area contributed by atoms with Crippen LogP contribution >= 0.6 is 0 Å². The number of para-hydroxylation sites is 1. The molecule has 0 unspecified atom stereocenters. The molecule has 0 amide bonds. The molecule has 1 heterocycles. The van der Waals surface area contributed by atoms with Crippen LogP contribution in [0, 0.1) is 0 Å². The second-order valence-corrected chi connectivity index (χ2v) is 4.19. The summed E-state index contributed by atoms with van der Waals surface area (Å²) in [6, 6.07) is 5.06. The van der Waals surface area contributed by atoms with Crippen molar-refractivity contribution in [1.82, 2.24) is 4.98 Å². The molecule has 6 heteroatoms. The largest absolute Gasteiger partial charge is 0.465 e. The van der Waals surface area contributed by atoms with Crippen LogP contribution in [0.5, 0.6) is 0 Å². The van der Waals surface area contributed by atoms with Crippen LogP contribution in [0.25, 0.3) is 0 Å². The Kier molecular flexibility index (Phi) is 4.24. The normalized spacial score (nSPS) is 10.3. The summed E-state index contributed by atoms with van der Waals surface area (Å²) in [7, 11) is 1.33. The Labute approximate surface area is 116 Å². The van der Waals surface area contributed by atoms with E-state index in [-0.39, 0.29) is 0 Å². The SMILES string of the molecule is CCc1cnc(CNc2c(N)cccc2C(=O)OC)o1. The molecule has 20 heavy (non-hydrogen) atoms. The number of esters is 1. The number of rotatable bonds is 5. The molecule has 2 rings (SSSR count). The van der Waals surface area contributed by atoms with Crippen LogP contribution in [0.4, 0.5) is 11.4 Å². The fourth-order valence-electron chi connectivity index (χ4n) is 1.80. The molecule has 0 fully saturated rings. The van der Waals surface area contributed by atoms with E-state index in [1.165, 1.54) is 7.11 Å². The van der Waals surface area contributed by atoms with Gasteiger partial charge in [-0.1, -0.05) is 13.0 Å². The molecule has 0 spiro atoms. The summed E-state index contributed by atoms with van der Waals surface area (Å²) in [5.74, 6) is 0.915. The summed E-state index contributed by atoms with van der Waals surface area (Å²) in [5, 5.41) is 3.07. The minimum absolute atomic E-state index is 0.345. The Bertz CT molecular complexity index is 607. The van der Waals surface area contributed by atoms with Gasteiger partial charge in [-0.15, -0.1) is 0 Å². The Morgan fingerprint density at radius 2 is 2.30 bits per heavy atom. The van der Waals surface area contributed by atoms with Crippen molar-refractivity contribution < 1.29 is 13.9 Å². The molecule has 6 nitrogen and oxygen atoms in total. The maximum atomic E-state index is 11.7. The van der Waals surface area contributed by atoms with Crippen molar-refractivity contribution in [2.45, 2.75) is 19.9 Å². The molecule has 1 aromatic carbocycles. The van der Waals surface area contributed by atoms with E-state index in [4.69, 9.17) is 14.9 Å². The maximum Gasteiger partial charge on any atom is 0.340 e. The highest BCUT2D eigenvalue weighted by Crippen LogP contribution is 2.24. The lowest BCUT2D eigenvalue weighted by molar-refractivity contribution is 0.0602. The third-order valence-corrected chi connectivity index (χ3v) is 2.87. The van der Waals surface area contributed by atoms with Crippen LogP contribution in [-0.4, -0.2) is 18.1 Å². The molecule has 1 aromatic heterocycles. The van der Waals surface area contributed by atoms with E-state index in [2.05, 4.69) is 10.3 Å². The zero-order chi connectivity index (χ0) is 14.5. The van der Waals surface area contributed by atoms with E-state index < -0.39 is 5.97 Å². The molecule has 0 bridgehead atoms. The second-order valence-electron chi connectivity index (χ2n) is 4.19. The van der Waals surface area contributed by atoms with E-state index in [0.29, 0.717) is 29.4 Å². The number of anilines is 2. The summed E-state index contributed by atoms with van der Waals surface area (Å²) in [6.07, 6.45) is 2.47. The van der Waals surface area contributed by atoms with Crippen LogP contribution in [-0.2, 0) is 17.7 Å². The van der Waals surface area contributed by atoms with Crippen molar-refractivity contribution in [2.24, 2.45) is 0 Å². The van der Waals surface area contributed by atoms with Gasteiger partial charge in [-0.25, -0.2) is 9.78 Å². The first-order chi connectivity index (χ1) is 9.65. The number of oxazole rings is 1. The molecule has 0 radical (unpaired) electrons. The number of nitrogens with two attached hydrogens (primary N) is 1. The summed E-state index contributed by atoms with van der Waals surface area (Å²) in [6.45, 7) is 2.33. The number of hydrogen-bond donors (Lipinski definition) is 2. The first kappa shape index (κ1) is 13.9. The maximum absolute atomic E-state index is 11.7. The Morgan fingerprint density at radius 1 is 1.50 bits per heavy atom. The molecule has 0 saturated heterocycles. The number of nitrogens with zero attached hydrogens (tertiary/aromatic N) is 1. The van der Waals surface area contributed by atoms with Crippen molar-refractivity contribution in [2.75, 3.05) is 18.2 Å². The molecule has 2 aromatic rings. The number of nitrogens with one attached hydrogen (secondary N) is 1. The van der Waals surface area contributed by atoms with Crippen LogP contribution in [0.15, 0.2) is 28.8 Å². The van der Waals surface area contributed by atoms with Crippen molar-refractivity contribution in [3.63, 3.8) is 0 Å². The minimum atomic E-state index is -0.443. The summed E-state index contributed by atoms with van der Waals surface area (Å²) in [5.41, 5.74) is 7.26. The van der Waals surface area contributed by atoms with Crippen molar-refractivity contribution in [3.8, 4) is 0 Å². The number of ether oxygens (including phenoxy) is 1. The van der Waals surface area contributed by atoms with Gasteiger partial charge in [0.05, 0.1) is 36.8 Å². The number of aryl methyl sites for hydroxylation is 1. The number of benzene rings is 1. The smallest absolute Gasteiger partial charge is 0.340 e. The first-order valence-electron chi connectivity index (χ1n) is 6.30. The fourth-order valence-corrected chi connectivity index (χ4v) is 1.80. The number of aromatic nitrogens is 1. The molecule has 3 N–H and O–H groups in total. The van der Waals surface area contributed by atoms with Crippen molar-refractivity contribution >= 4 is 17.3 Å². The van der Waals surface area contributed by atoms with Crippen molar-refractivity contribution in [3.05, 3.63) is 41.6 Å². The first-order valence-corrected chi connectivity index (χ1v) is 6.30. The van der Waals surface area contributed by atoms with Gasteiger partial charge in [0.15, 0.2) is 0 Å². The molecule has 106 valence electrons. The third-order valence-electron chi connectivity index (χ3n) is 2.87. The Morgan fingerprint density at radius 3 is 2.95 bits per heavy atom. The molecular weight excluding hydrogens is 258 g/mol. The number of hydrogen-bond acceptors (Lipinski definition) is 6. The van der Waals surface area contributed by atoms with Gasteiger partial charge in [0, 0.05) is 6.42 Å². The van der Waals surface area contributed by atoms with E-state index in [1.807, 2.05) is 6.92 Å². The molecule has 0 aliphatic rings. The molecule has 0 atom stereocenters. The Balaban J connectivity index is 2.18. The minimum Gasteiger partial charge on any atom is -0.465 e. The predicted molar refractivity (Wildman–Crippen MR) is 75.4 cm³/mol. The lowest BCUT2D eigenvalue weighted by atomic mass is 10.1. The highest BCUT2D eigenvalue weighted by atomic mass is 16.5. The fraction of sp³-hybridized carbons (Fsp3) is 0.286. The summed E-state index contributed by atoms with van der Waals surface area (Å²) < 4.78 is 10.2. The number of methoxy groups -OCH3 is 1.